The third-order valence-corrected chi connectivity index (χ3v) is 6.96. The minimum atomic E-state index is -0.299. The first-order valence-electron chi connectivity index (χ1n) is 8.74. The number of hydrogen-bond donors (Lipinski definition) is 2. The van der Waals surface area contributed by atoms with E-state index in [9.17, 15) is 4.79 Å². The molecule has 0 spiro atoms. The smallest absolute Gasteiger partial charge is 0.269 e. The number of nitrogen functional groups attached to an aromatic ring is 1. The van der Waals surface area contributed by atoms with Crippen LogP contribution in [0.2, 0.25) is 10.0 Å². The van der Waals surface area contributed by atoms with Gasteiger partial charge in [-0.2, -0.15) is 0 Å². The predicted molar refractivity (Wildman–Crippen MR) is 124 cm³/mol. The van der Waals surface area contributed by atoms with Gasteiger partial charge in [0, 0.05) is 22.0 Å². The Morgan fingerprint density at radius 1 is 1.14 bits per heavy atom. The largest absolute Gasteiger partial charge is 0.397 e. The Morgan fingerprint density at radius 3 is 2.66 bits per heavy atom. The van der Waals surface area contributed by atoms with Crippen molar-refractivity contribution in [1.82, 2.24) is 9.97 Å². The van der Waals surface area contributed by atoms with Crippen LogP contribution in [0.25, 0.3) is 21.5 Å². The average Bonchev–Trinajstić information content (AvgIpc) is 3.28. The van der Waals surface area contributed by atoms with Crippen molar-refractivity contribution in [2.45, 2.75) is 19.8 Å². The van der Waals surface area contributed by atoms with Crippen LogP contribution in [0.5, 0.6) is 0 Å². The number of aromatic nitrogens is 2. The molecule has 0 radical (unpaired) electrons. The first-order valence-corrected chi connectivity index (χ1v) is 11.2. The van der Waals surface area contributed by atoms with E-state index in [1.54, 1.807) is 12.1 Å². The van der Waals surface area contributed by atoms with E-state index in [0.29, 0.717) is 37.4 Å². The van der Waals surface area contributed by atoms with E-state index in [2.05, 4.69) is 29.1 Å². The van der Waals surface area contributed by atoms with Crippen molar-refractivity contribution in [3.8, 4) is 11.3 Å². The highest BCUT2D eigenvalue weighted by atomic mass is 35.5. The minimum Gasteiger partial charge on any atom is -0.397 e. The number of nitrogens with two attached hydrogens (primary N) is 1. The molecule has 0 aliphatic heterocycles. The number of rotatable bonds is 4. The number of pyridine rings is 1. The van der Waals surface area contributed by atoms with Gasteiger partial charge < -0.3 is 5.73 Å². The quantitative estimate of drug-likeness (QED) is 0.354. The molecule has 1 amide bonds. The molecule has 4 rings (SSSR count). The number of thiazole rings is 1. The molecule has 3 heterocycles. The number of fused-ring (bicyclic) bond motifs is 1. The van der Waals surface area contributed by atoms with Gasteiger partial charge in [-0.25, -0.2) is 9.97 Å². The molecule has 0 aliphatic rings. The van der Waals surface area contributed by atoms with Gasteiger partial charge in [-0.05, 0) is 30.2 Å². The van der Waals surface area contributed by atoms with Crippen LogP contribution in [0.1, 0.15) is 35.1 Å². The molecular weight excluding hydrogens is 447 g/mol. The second-order valence-electron chi connectivity index (χ2n) is 6.71. The van der Waals surface area contributed by atoms with Crippen LogP contribution in [-0.2, 0) is 0 Å². The van der Waals surface area contributed by atoms with Gasteiger partial charge in [-0.1, -0.05) is 43.1 Å². The van der Waals surface area contributed by atoms with E-state index in [1.807, 2.05) is 23.6 Å². The highest BCUT2D eigenvalue weighted by Gasteiger charge is 2.19. The molecule has 3 aromatic heterocycles. The van der Waals surface area contributed by atoms with Gasteiger partial charge in [0.1, 0.15) is 9.71 Å². The Labute approximate surface area is 185 Å². The van der Waals surface area contributed by atoms with Gasteiger partial charge in [-0.15, -0.1) is 22.7 Å². The standard InChI is InChI=1S/C20H16Cl2N4OS2/c1-9(2)14-6-4-11-16(23)17(29-19(11)24-14)18(27)26-20-25-15(8-28-20)10-3-5-12(21)13(22)7-10/h3-9H,23H2,1-2H3,(H,25,26,27). The number of anilines is 2. The zero-order valence-electron chi connectivity index (χ0n) is 15.5. The van der Waals surface area contributed by atoms with E-state index in [0.717, 1.165) is 21.5 Å². The molecule has 3 N–H and O–H groups in total. The second kappa shape index (κ2) is 7.91. The monoisotopic (exact) mass is 462 g/mol. The van der Waals surface area contributed by atoms with Crippen LogP contribution in [0.3, 0.4) is 0 Å². The Kier molecular flexibility index (Phi) is 5.48. The van der Waals surface area contributed by atoms with Crippen molar-refractivity contribution in [3.05, 3.63) is 56.3 Å². The Morgan fingerprint density at radius 2 is 1.93 bits per heavy atom. The summed E-state index contributed by atoms with van der Waals surface area (Å²) in [6.45, 7) is 4.15. The lowest BCUT2D eigenvalue weighted by molar-refractivity contribution is 0.103. The average molecular weight is 463 g/mol. The SMILES string of the molecule is CC(C)c1ccc2c(N)c(C(=O)Nc3nc(-c4ccc(Cl)c(Cl)c4)cs3)sc2n1. The van der Waals surface area contributed by atoms with Crippen molar-refractivity contribution in [3.63, 3.8) is 0 Å². The fourth-order valence-corrected chi connectivity index (χ4v) is 4.78. The van der Waals surface area contributed by atoms with Crippen molar-refractivity contribution in [1.29, 1.82) is 0 Å². The molecule has 4 aromatic rings. The van der Waals surface area contributed by atoms with Gasteiger partial charge >= 0.3 is 0 Å². The molecule has 29 heavy (non-hydrogen) atoms. The summed E-state index contributed by atoms with van der Waals surface area (Å²) in [6.07, 6.45) is 0. The highest BCUT2D eigenvalue weighted by molar-refractivity contribution is 7.21. The third-order valence-electron chi connectivity index (χ3n) is 4.35. The summed E-state index contributed by atoms with van der Waals surface area (Å²) < 4.78 is 0. The first kappa shape index (κ1) is 20.1. The Bertz CT molecular complexity index is 1230. The summed E-state index contributed by atoms with van der Waals surface area (Å²) in [6, 6.07) is 9.16. The van der Waals surface area contributed by atoms with Crippen LogP contribution >= 0.6 is 45.9 Å². The molecular formula is C20H16Cl2N4OS2. The van der Waals surface area contributed by atoms with Gasteiger partial charge in [0.25, 0.3) is 5.91 Å². The van der Waals surface area contributed by atoms with Gasteiger partial charge in [-0.3, -0.25) is 10.1 Å². The maximum atomic E-state index is 12.8. The summed E-state index contributed by atoms with van der Waals surface area (Å²) in [4.78, 5) is 23.1. The number of nitrogens with one attached hydrogen (secondary N) is 1. The Hall–Kier alpha value is -2.19. The zero-order valence-corrected chi connectivity index (χ0v) is 18.6. The number of hydrogen-bond acceptors (Lipinski definition) is 6. The summed E-state index contributed by atoms with van der Waals surface area (Å²) in [7, 11) is 0. The highest BCUT2D eigenvalue weighted by Crippen LogP contribution is 2.35. The molecule has 5 nitrogen and oxygen atoms in total. The lowest BCUT2D eigenvalue weighted by Crippen LogP contribution is -2.11. The van der Waals surface area contributed by atoms with Crippen LogP contribution in [-0.4, -0.2) is 15.9 Å². The molecule has 0 saturated heterocycles. The molecule has 0 fully saturated rings. The van der Waals surface area contributed by atoms with Crippen LogP contribution in [0.15, 0.2) is 35.7 Å². The maximum Gasteiger partial charge on any atom is 0.269 e. The number of thiophene rings is 1. The molecule has 0 aliphatic carbocycles. The summed E-state index contributed by atoms with van der Waals surface area (Å²) in [5.74, 6) is 0.00162. The van der Waals surface area contributed by atoms with Crippen LogP contribution in [0.4, 0.5) is 10.8 Å². The molecule has 0 unspecified atom stereocenters. The molecule has 9 heteroatoms. The zero-order chi connectivity index (χ0) is 20.7. The van der Waals surface area contributed by atoms with Gasteiger partial charge in [0.2, 0.25) is 0 Å². The number of carbonyl (C=O) groups excluding carboxylic acids is 1. The minimum absolute atomic E-state index is 0.299. The lowest BCUT2D eigenvalue weighted by Gasteiger charge is -2.03. The van der Waals surface area contributed by atoms with E-state index in [-0.39, 0.29) is 5.91 Å². The fraction of sp³-hybridized carbons (Fsp3) is 0.150. The van der Waals surface area contributed by atoms with Gasteiger partial charge in [0.05, 0.1) is 21.4 Å². The fourth-order valence-electron chi connectivity index (χ4n) is 2.77. The van der Waals surface area contributed by atoms with Crippen molar-refractivity contribution >= 4 is 72.8 Å². The van der Waals surface area contributed by atoms with Crippen molar-refractivity contribution in [2.24, 2.45) is 0 Å². The lowest BCUT2D eigenvalue weighted by atomic mass is 10.1. The summed E-state index contributed by atoms with van der Waals surface area (Å²) >= 11 is 14.7. The molecule has 1 aromatic carbocycles. The predicted octanol–water partition coefficient (Wildman–Crippen LogP) is 6.68. The van der Waals surface area contributed by atoms with Crippen molar-refractivity contribution in [2.75, 3.05) is 11.1 Å². The molecule has 0 saturated carbocycles. The summed E-state index contributed by atoms with van der Waals surface area (Å²) in [5.41, 5.74) is 9.15. The number of nitrogens with zero attached hydrogens (tertiary/aromatic N) is 2. The number of benzene rings is 1. The number of halogens is 2. The van der Waals surface area contributed by atoms with Crippen LogP contribution < -0.4 is 11.1 Å². The third kappa shape index (κ3) is 3.96. The normalized spacial score (nSPS) is 11.3. The van der Waals surface area contributed by atoms with E-state index >= 15 is 0 Å². The molecule has 0 bridgehead atoms. The van der Waals surface area contributed by atoms with E-state index in [1.165, 1.54) is 22.7 Å². The van der Waals surface area contributed by atoms with Crippen molar-refractivity contribution < 1.29 is 4.79 Å². The molecule has 0 atom stereocenters. The van der Waals surface area contributed by atoms with E-state index in [4.69, 9.17) is 28.9 Å². The summed E-state index contributed by atoms with van der Waals surface area (Å²) in [5, 5.41) is 6.87. The topological polar surface area (TPSA) is 80.9 Å². The number of amides is 1. The number of carbonyl (C=O) groups is 1. The Balaban J connectivity index is 1.59. The van der Waals surface area contributed by atoms with E-state index < -0.39 is 0 Å². The maximum absolute atomic E-state index is 12.8. The second-order valence-corrected chi connectivity index (χ2v) is 9.38. The van der Waals surface area contributed by atoms with Crippen LogP contribution in [0, 0.1) is 0 Å². The molecule has 148 valence electrons. The first-order chi connectivity index (χ1) is 13.8. The van der Waals surface area contributed by atoms with Gasteiger partial charge in [0.15, 0.2) is 5.13 Å².